The van der Waals surface area contributed by atoms with Crippen molar-refractivity contribution in [2.45, 2.75) is 39.0 Å². The SMILES string of the molecule is CCCC(NCc1ccc(OCc2ccc(Cl)c(Cl)c2)c(OC)c1)c1ccccc1. The quantitative estimate of drug-likeness (QED) is 0.358. The van der Waals surface area contributed by atoms with Crippen molar-refractivity contribution < 1.29 is 9.47 Å². The number of methoxy groups -OCH3 is 1. The van der Waals surface area contributed by atoms with E-state index in [1.165, 1.54) is 5.56 Å². The van der Waals surface area contributed by atoms with Crippen LogP contribution in [-0.4, -0.2) is 7.11 Å². The second-order valence-corrected chi connectivity index (χ2v) is 7.97. The van der Waals surface area contributed by atoms with Crippen molar-refractivity contribution in [3.8, 4) is 11.5 Å². The maximum Gasteiger partial charge on any atom is 0.161 e. The summed E-state index contributed by atoms with van der Waals surface area (Å²) in [6.07, 6.45) is 2.21. The van der Waals surface area contributed by atoms with Gasteiger partial charge in [-0.1, -0.05) is 79.0 Å². The Morgan fingerprint density at radius 2 is 1.63 bits per heavy atom. The Morgan fingerprint density at radius 1 is 0.867 bits per heavy atom. The first-order chi connectivity index (χ1) is 14.6. The molecule has 0 radical (unpaired) electrons. The first kappa shape index (κ1) is 22.5. The highest BCUT2D eigenvalue weighted by Gasteiger charge is 2.11. The largest absolute Gasteiger partial charge is 0.493 e. The standard InChI is InChI=1S/C25H27Cl2NO2/c1-3-7-23(20-8-5-4-6-9-20)28-16-18-11-13-24(25(15-18)29-2)30-17-19-10-12-21(26)22(27)14-19/h4-6,8-15,23,28H,3,7,16-17H2,1-2H3. The summed E-state index contributed by atoms with van der Waals surface area (Å²) >= 11 is 12.1. The summed E-state index contributed by atoms with van der Waals surface area (Å²) < 4.78 is 11.5. The summed E-state index contributed by atoms with van der Waals surface area (Å²) in [5.74, 6) is 1.40. The molecule has 30 heavy (non-hydrogen) atoms. The molecule has 0 saturated carbocycles. The van der Waals surface area contributed by atoms with E-state index in [0.717, 1.165) is 30.5 Å². The van der Waals surface area contributed by atoms with E-state index >= 15 is 0 Å². The van der Waals surface area contributed by atoms with E-state index in [1.807, 2.05) is 30.3 Å². The van der Waals surface area contributed by atoms with E-state index in [0.29, 0.717) is 34.2 Å². The molecular weight excluding hydrogens is 417 g/mol. The molecule has 3 aromatic rings. The van der Waals surface area contributed by atoms with Gasteiger partial charge in [-0.05, 0) is 47.4 Å². The molecule has 0 bridgehead atoms. The minimum Gasteiger partial charge on any atom is -0.493 e. The summed E-state index contributed by atoms with van der Waals surface area (Å²) in [4.78, 5) is 0. The number of hydrogen-bond acceptors (Lipinski definition) is 3. The molecule has 0 aliphatic rings. The lowest BCUT2D eigenvalue weighted by Crippen LogP contribution is -2.20. The second kappa shape index (κ2) is 11.3. The van der Waals surface area contributed by atoms with Crippen molar-refractivity contribution in [3.05, 3.63) is 93.5 Å². The molecule has 158 valence electrons. The van der Waals surface area contributed by atoms with Crippen LogP contribution in [0.15, 0.2) is 66.7 Å². The lowest BCUT2D eigenvalue weighted by atomic mass is 10.0. The van der Waals surface area contributed by atoms with Gasteiger partial charge in [0.25, 0.3) is 0 Å². The fourth-order valence-electron chi connectivity index (χ4n) is 3.33. The van der Waals surface area contributed by atoms with Gasteiger partial charge in [0.1, 0.15) is 6.61 Å². The van der Waals surface area contributed by atoms with Gasteiger partial charge >= 0.3 is 0 Å². The zero-order valence-corrected chi connectivity index (χ0v) is 18.8. The van der Waals surface area contributed by atoms with Gasteiger partial charge in [-0.15, -0.1) is 0 Å². The summed E-state index contributed by atoms with van der Waals surface area (Å²) in [6.45, 7) is 3.35. The van der Waals surface area contributed by atoms with Gasteiger partial charge in [0, 0.05) is 12.6 Å². The third-order valence-electron chi connectivity index (χ3n) is 4.94. The van der Waals surface area contributed by atoms with E-state index in [2.05, 4.69) is 42.6 Å². The molecule has 0 aliphatic heterocycles. The minimum atomic E-state index is 0.327. The molecule has 5 heteroatoms. The van der Waals surface area contributed by atoms with E-state index < -0.39 is 0 Å². The third-order valence-corrected chi connectivity index (χ3v) is 5.68. The molecule has 0 aromatic heterocycles. The van der Waals surface area contributed by atoms with E-state index in [4.69, 9.17) is 32.7 Å². The maximum atomic E-state index is 6.08. The predicted molar refractivity (Wildman–Crippen MR) is 125 cm³/mol. The number of rotatable bonds is 10. The van der Waals surface area contributed by atoms with Crippen LogP contribution in [-0.2, 0) is 13.2 Å². The van der Waals surface area contributed by atoms with Crippen LogP contribution in [0, 0.1) is 0 Å². The van der Waals surface area contributed by atoms with Gasteiger partial charge in [0.05, 0.1) is 17.2 Å². The topological polar surface area (TPSA) is 30.5 Å². The van der Waals surface area contributed by atoms with Gasteiger partial charge in [0.15, 0.2) is 11.5 Å². The Bertz CT molecular complexity index is 947. The van der Waals surface area contributed by atoms with E-state index in [-0.39, 0.29) is 0 Å². The normalized spacial score (nSPS) is 11.9. The van der Waals surface area contributed by atoms with Crippen LogP contribution >= 0.6 is 23.2 Å². The lowest BCUT2D eigenvalue weighted by Gasteiger charge is -2.19. The third kappa shape index (κ3) is 6.15. The average Bonchev–Trinajstić information content (AvgIpc) is 2.78. The first-order valence-corrected chi connectivity index (χ1v) is 10.9. The van der Waals surface area contributed by atoms with Crippen molar-refractivity contribution in [3.63, 3.8) is 0 Å². The van der Waals surface area contributed by atoms with E-state index in [1.54, 1.807) is 13.2 Å². The molecule has 0 spiro atoms. The Morgan fingerprint density at radius 3 is 2.33 bits per heavy atom. The molecule has 0 amide bonds. The van der Waals surface area contributed by atoms with Crippen LogP contribution in [0.2, 0.25) is 10.0 Å². The number of nitrogens with one attached hydrogen (secondary N) is 1. The first-order valence-electron chi connectivity index (χ1n) is 10.1. The van der Waals surface area contributed by atoms with Crippen molar-refractivity contribution in [2.24, 2.45) is 0 Å². The molecule has 1 N–H and O–H groups in total. The fourth-order valence-corrected chi connectivity index (χ4v) is 3.65. The number of halogens is 2. The van der Waals surface area contributed by atoms with Crippen molar-refractivity contribution in [1.29, 1.82) is 0 Å². The van der Waals surface area contributed by atoms with Crippen LogP contribution in [0.4, 0.5) is 0 Å². The molecule has 1 atom stereocenters. The Balaban J connectivity index is 1.65. The van der Waals surface area contributed by atoms with Gasteiger partial charge in [0.2, 0.25) is 0 Å². The smallest absolute Gasteiger partial charge is 0.161 e. The molecule has 1 unspecified atom stereocenters. The van der Waals surface area contributed by atoms with Crippen LogP contribution in [0.3, 0.4) is 0 Å². The number of ether oxygens (including phenoxy) is 2. The number of benzene rings is 3. The summed E-state index contributed by atoms with van der Waals surface area (Å²) in [6, 6.07) is 22.4. The van der Waals surface area contributed by atoms with Crippen molar-refractivity contribution >= 4 is 23.2 Å². The summed E-state index contributed by atoms with van der Waals surface area (Å²) in [5.41, 5.74) is 3.40. The second-order valence-electron chi connectivity index (χ2n) is 7.16. The Hall–Kier alpha value is -2.20. The molecule has 0 aliphatic carbocycles. The molecule has 0 fully saturated rings. The zero-order chi connectivity index (χ0) is 21.3. The van der Waals surface area contributed by atoms with Crippen LogP contribution in [0.1, 0.15) is 42.5 Å². The Kier molecular flexibility index (Phi) is 8.44. The highest BCUT2D eigenvalue weighted by molar-refractivity contribution is 6.42. The van der Waals surface area contributed by atoms with Crippen molar-refractivity contribution in [1.82, 2.24) is 5.32 Å². The zero-order valence-electron chi connectivity index (χ0n) is 17.3. The summed E-state index contributed by atoms with van der Waals surface area (Å²) in [7, 11) is 1.66. The highest BCUT2D eigenvalue weighted by atomic mass is 35.5. The van der Waals surface area contributed by atoms with Crippen LogP contribution in [0.5, 0.6) is 11.5 Å². The Labute approximate surface area is 188 Å². The molecule has 3 nitrogen and oxygen atoms in total. The van der Waals surface area contributed by atoms with Crippen LogP contribution < -0.4 is 14.8 Å². The lowest BCUT2D eigenvalue weighted by molar-refractivity contribution is 0.284. The molecular formula is C25H27Cl2NO2. The predicted octanol–water partition coefficient (Wildman–Crippen LogP) is 7.21. The molecule has 3 rings (SSSR count). The fraction of sp³-hybridized carbons (Fsp3) is 0.280. The van der Waals surface area contributed by atoms with E-state index in [9.17, 15) is 0 Å². The van der Waals surface area contributed by atoms with Crippen LogP contribution in [0.25, 0.3) is 0 Å². The van der Waals surface area contributed by atoms with Gasteiger partial charge in [-0.3, -0.25) is 0 Å². The average molecular weight is 444 g/mol. The van der Waals surface area contributed by atoms with Gasteiger partial charge < -0.3 is 14.8 Å². The minimum absolute atomic E-state index is 0.327. The van der Waals surface area contributed by atoms with Crippen molar-refractivity contribution in [2.75, 3.05) is 7.11 Å². The number of hydrogen-bond donors (Lipinski definition) is 1. The maximum absolute atomic E-state index is 6.08. The molecule has 3 aromatic carbocycles. The summed E-state index contributed by atoms with van der Waals surface area (Å²) in [5, 5.41) is 4.72. The molecule has 0 saturated heterocycles. The monoisotopic (exact) mass is 443 g/mol. The highest BCUT2D eigenvalue weighted by Crippen LogP contribution is 2.30. The molecule has 0 heterocycles. The van der Waals surface area contributed by atoms with Gasteiger partial charge in [-0.25, -0.2) is 0 Å². The van der Waals surface area contributed by atoms with Gasteiger partial charge in [-0.2, -0.15) is 0 Å².